The molecule has 1 saturated heterocycles. The molecule has 1 aliphatic heterocycles. The first-order valence-electron chi connectivity index (χ1n) is 8.43. The second kappa shape index (κ2) is 11.7. The van der Waals surface area contributed by atoms with Gasteiger partial charge in [0.25, 0.3) is 0 Å². The summed E-state index contributed by atoms with van der Waals surface area (Å²) in [5, 5.41) is 3.42. The predicted molar refractivity (Wildman–Crippen MR) is 105 cm³/mol. The maximum absolute atomic E-state index is 12.6. The number of aryl methyl sites for hydroxylation is 1. The number of benzene rings is 1. The first-order valence-corrected chi connectivity index (χ1v) is 8.43. The van der Waals surface area contributed by atoms with E-state index in [9.17, 15) is 4.79 Å². The zero-order valence-corrected chi connectivity index (χ0v) is 16.6. The predicted octanol–water partition coefficient (Wildman–Crippen LogP) is 2.91. The summed E-state index contributed by atoms with van der Waals surface area (Å²) in [5.41, 5.74) is 2.57. The van der Waals surface area contributed by atoms with Crippen molar-refractivity contribution < 1.29 is 4.79 Å². The van der Waals surface area contributed by atoms with Crippen molar-refractivity contribution in [3.8, 4) is 0 Å². The molecule has 4 nitrogen and oxygen atoms in total. The van der Waals surface area contributed by atoms with Crippen LogP contribution in [0.3, 0.4) is 0 Å². The van der Waals surface area contributed by atoms with Gasteiger partial charge in [-0.3, -0.25) is 9.69 Å². The summed E-state index contributed by atoms with van der Waals surface area (Å²) in [6.45, 7) is 8.30. The topological polar surface area (TPSA) is 35.6 Å². The highest BCUT2D eigenvalue weighted by molar-refractivity contribution is 5.85. The Morgan fingerprint density at radius 1 is 1.25 bits per heavy atom. The van der Waals surface area contributed by atoms with Crippen molar-refractivity contribution in [3.63, 3.8) is 0 Å². The number of piperazine rings is 1. The number of halogens is 2. The van der Waals surface area contributed by atoms with Crippen LogP contribution in [0.15, 0.2) is 24.3 Å². The van der Waals surface area contributed by atoms with Crippen LogP contribution in [0.2, 0.25) is 0 Å². The molecule has 1 fully saturated rings. The molecule has 1 unspecified atom stereocenters. The summed E-state index contributed by atoms with van der Waals surface area (Å²) in [5.74, 6) is 0.238. The number of amides is 1. The van der Waals surface area contributed by atoms with E-state index in [4.69, 9.17) is 0 Å². The highest BCUT2D eigenvalue weighted by atomic mass is 35.5. The molecule has 24 heavy (non-hydrogen) atoms. The molecule has 0 spiro atoms. The van der Waals surface area contributed by atoms with Crippen LogP contribution >= 0.6 is 24.8 Å². The Kier molecular flexibility index (Phi) is 11.3. The van der Waals surface area contributed by atoms with Crippen LogP contribution in [0.5, 0.6) is 0 Å². The molecule has 0 aliphatic carbocycles. The van der Waals surface area contributed by atoms with Gasteiger partial charge in [-0.1, -0.05) is 38.1 Å². The van der Waals surface area contributed by atoms with Crippen LogP contribution in [0.1, 0.15) is 37.4 Å². The molecular formula is C18H31Cl2N3O. The highest BCUT2D eigenvalue weighted by Gasteiger charge is 2.28. The number of rotatable bonds is 6. The molecule has 1 aromatic rings. The second-order valence-corrected chi connectivity index (χ2v) is 6.14. The van der Waals surface area contributed by atoms with Crippen LogP contribution in [-0.2, 0) is 11.2 Å². The van der Waals surface area contributed by atoms with Gasteiger partial charge < -0.3 is 10.2 Å². The van der Waals surface area contributed by atoms with E-state index in [0.717, 1.165) is 39.0 Å². The smallest absolute Gasteiger partial charge is 0.237 e. The van der Waals surface area contributed by atoms with E-state index in [1.807, 2.05) is 11.9 Å². The Labute approximate surface area is 158 Å². The van der Waals surface area contributed by atoms with E-state index in [2.05, 4.69) is 48.3 Å². The van der Waals surface area contributed by atoms with Gasteiger partial charge >= 0.3 is 0 Å². The van der Waals surface area contributed by atoms with E-state index in [1.54, 1.807) is 0 Å². The molecule has 1 aromatic carbocycles. The third kappa shape index (κ3) is 6.25. The maximum atomic E-state index is 12.6. The van der Waals surface area contributed by atoms with Crippen molar-refractivity contribution in [2.75, 3.05) is 39.8 Å². The van der Waals surface area contributed by atoms with Crippen molar-refractivity contribution in [2.24, 2.45) is 0 Å². The Balaban J connectivity index is 0.00000264. The molecule has 2 rings (SSSR count). The summed E-state index contributed by atoms with van der Waals surface area (Å²) >= 11 is 0. The van der Waals surface area contributed by atoms with E-state index in [-0.39, 0.29) is 36.8 Å². The summed E-state index contributed by atoms with van der Waals surface area (Å²) in [4.78, 5) is 16.8. The molecule has 1 aliphatic rings. The highest BCUT2D eigenvalue weighted by Crippen LogP contribution is 2.23. The number of hydrogen-bond acceptors (Lipinski definition) is 3. The van der Waals surface area contributed by atoms with Gasteiger partial charge in [0.2, 0.25) is 5.91 Å². The average Bonchev–Trinajstić information content (AvgIpc) is 2.55. The van der Waals surface area contributed by atoms with Gasteiger partial charge in [0, 0.05) is 19.6 Å². The van der Waals surface area contributed by atoms with Crippen molar-refractivity contribution in [1.82, 2.24) is 15.1 Å². The fraction of sp³-hybridized carbons (Fsp3) is 0.611. The molecule has 1 atom stereocenters. The minimum Gasteiger partial charge on any atom is -0.332 e. The van der Waals surface area contributed by atoms with Crippen LogP contribution in [0.4, 0.5) is 0 Å². The first kappa shape index (κ1) is 23.2. The van der Waals surface area contributed by atoms with Crippen LogP contribution in [0, 0.1) is 0 Å². The zero-order valence-electron chi connectivity index (χ0n) is 15.0. The molecule has 1 heterocycles. The quantitative estimate of drug-likeness (QED) is 0.829. The Morgan fingerprint density at radius 2 is 1.92 bits per heavy atom. The number of hydrogen-bond donors (Lipinski definition) is 1. The third-order valence-electron chi connectivity index (χ3n) is 4.35. The number of nitrogens with zero attached hydrogens (tertiary/aromatic N) is 2. The lowest BCUT2D eigenvalue weighted by Crippen LogP contribution is -2.51. The van der Waals surface area contributed by atoms with Crippen LogP contribution < -0.4 is 5.32 Å². The number of carbonyl (C=O) groups excluding carboxylic acids is 1. The lowest BCUT2D eigenvalue weighted by Gasteiger charge is -2.37. The molecule has 138 valence electrons. The van der Waals surface area contributed by atoms with E-state index in [1.165, 1.54) is 11.1 Å². The molecule has 1 N–H and O–H groups in total. The molecule has 0 radical (unpaired) electrons. The summed E-state index contributed by atoms with van der Waals surface area (Å²) in [6, 6.07) is 8.85. The maximum Gasteiger partial charge on any atom is 0.237 e. The zero-order chi connectivity index (χ0) is 15.9. The molecule has 0 bridgehead atoms. The van der Waals surface area contributed by atoms with Gasteiger partial charge in [-0.25, -0.2) is 0 Å². The van der Waals surface area contributed by atoms with Gasteiger partial charge in [0.05, 0.1) is 12.6 Å². The number of likely N-dealkylation sites (N-methyl/N-ethyl adjacent to an activating group) is 1. The SMILES string of the molecule is CCCN(C)CC(=O)N1CCNCC1c1ccc(CC)cc1.Cl.Cl. The summed E-state index contributed by atoms with van der Waals surface area (Å²) < 4.78 is 0. The standard InChI is InChI=1S/C18H29N3O.2ClH/c1-4-11-20(3)14-18(22)21-12-10-19-13-17(21)16-8-6-15(5-2)7-9-16;;/h6-9,17,19H,4-5,10-14H2,1-3H3;2*1H. The van der Waals surface area contributed by atoms with Gasteiger partial charge in [-0.15, -0.1) is 24.8 Å². The van der Waals surface area contributed by atoms with Gasteiger partial charge in [0.15, 0.2) is 0 Å². The van der Waals surface area contributed by atoms with Crippen molar-refractivity contribution in [2.45, 2.75) is 32.7 Å². The van der Waals surface area contributed by atoms with Crippen molar-refractivity contribution in [1.29, 1.82) is 0 Å². The van der Waals surface area contributed by atoms with Gasteiger partial charge in [-0.2, -0.15) is 0 Å². The van der Waals surface area contributed by atoms with E-state index >= 15 is 0 Å². The molecular weight excluding hydrogens is 345 g/mol. The molecule has 0 saturated carbocycles. The normalized spacial score (nSPS) is 17.2. The minimum atomic E-state index is 0. The Hall–Kier alpha value is -0.810. The lowest BCUT2D eigenvalue weighted by molar-refractivity contribution is -0.135. The van der Waals surface area contributed by atoms with Gasteiger partial charge in [0.1, 0.15) is 0 Å². The second-order valence-electron chi connectivity index (χ2n) is 6.14. The van der Waals surface area contributed by atoms with E-state index in [0.29, 0.717) is 6.54 Å². The van der Waals surface area contributed by atoms with Crippen LogP contribution in [0.25, 0.3) is 0 Å². The number of carbonyl (C=O) groups is 1. The van der Waals surface area contributed by atoms with Crippen molar-refractivity contribution >= 4 is 30.7 Å². The summed E-state index contributed by atoms with van der Waals surface area (Å²) in [7, 11) is 2.02. The molecule has 1 amide bonds. The number of nitrogens with one attached hydrogen (secondary N) is 1. The minimum absolute atomic E-state index is 0. The van der Waals surface area contributed by atoms with Crippen molar-refractivity contribution in [3.05, 3.63) is 35.4 Å². The van der Waals surface area contributed by atoms with Gasteiger partial charge in [-0.05, 0) is 37.6 Å². The fourth-order valence-electron chi connectivity index (χ4n) is 3.06. The Morgan fingerprint density at radius 3 is 2.50 bits per heavy atom. The fourth-order valence-corrected chi connectivity index (χ4v) is 3.06. The molecule has 0 aromatic heterocycles. The third-order valence-corrected chi connectivity index (χ3v) is 4.35. The van der Waals surface area contributed by atoms with Crippen LogP contribution in [-0.4, -0.2) is 55.5 Å². The lowest BCUT2D eigenvalue weighted by atomic mass is 10.0. The summed E-state index contributed by atoms with van der Waals surface area (Å²) in [6.07, 6.45) is 2.13. The Bertz CT molecular complexity index is 482. The largest absolute Gasteiger partial charge is 0.332 e. The monoisotopic (exact) mass is 375 g/mol. The first-order chi connectivity index (χ1) is 10.7. The van der Waals surface area contributed by atoms with E-state index < -0.39 is 0 Å². The average molecular weight is 376 g/mol. The molecule has 6 heteroatoms.